The Bertz CT molecular complexity index is 956. The minimum atomic E-state index is -1.39. The van der Waals surface area contributed by atoms with Crippen molar-refractivity contribution in [2.45, 2.75) is 18.5 Å². The van der Waals surface area contributed by atoms with Crippen LogP contribution in [0.25, 0.3) is 21.9 Å². The first-order valence-corrected chi connectivity index (χ1v) is 8.78. The van der Waals surface area contributed by atoms with Gasteiger partial charge in [-0.1, -0.05) is 18.7 Å². The molecule has 134 valence electrons. The summed E-state index contributed by atoms with van der Waals surface area (Å²) in [5.41, 5.74) is 1.14. The number of fused-ring (bicyclic) bond motifs is 1. The third-order valence-corrected chi connectivity index (χ3v) is 4.98. The first kappa shape index (κ1) is 16.7. The molecule has 1 saturated heterocycles. The van der Waals surface area contributed by atoms with Gasteiger partial charge in [-0.25, -0.2) is 9.37 Å². The lowest BCUT2D eigenvalue weighted by Crippen LogP contribution is -2.41. The van der Waals surface area contributed by atoms with E-state index in [0.29, 0.717) is 37.4 Å². The Kier molecular flexibility index (Phi) is 4.20. The smallest absolute Gasteiger partial charge is 0.152 e. The number of rotatable bonds is 4. The average Bonchev–Trinajstić information content (AvgIpc) is 3.08. The molecular formula is C20H22FN5. The molecular weight excluding hydrogens is 329 g/mol. The second-order valence-electron chi connectivity index (χ2n) is 6.85. The monoisotopic (exact) mass is 351 g/mol. The van der Waals surface area contributed by atoms with Crippen molar-refractivity contribution in [2.75, 3.05) is 18.4 Å². The fourth-order valence-electron chi connectivity index (χ4n) is 3.35. The summed E-state index contributed by atoms with van der Waals surface area (Å²) in [4.78, 5) is 4.41. The number of pyridine rings is 1. The van der Waals surface area contributed by atoms with Crippen molar-refractivity contribution < 1.29 is 4.39 Å². The van der Waals surface area contributed by atoms with E-state index < -0.39 is 5.67 Å². The van der Waals surface area contributed by atoms with Gasteiger partial charge in [0.1, 0.15) is 5.82 Å². The third kappa shape index (κ3) is 3.20. The minimum absolute atomic E-state index is 0.384. The topological polar surface area (TPSA) is 54.8 Å². The fraction of sp³-hybridized carbons (Fsp3) is 0.300. The number of nitrogens with zero attached hydrogens (tertiary/aromatic N) is 3. The lowest BCUT2D eigenvalue weighted by molar-refractivity contribution is 0.160. The number of piperidine rings is 1. The van der Waals surface area contributed by atoms with Gasteiger partial charge in [0.25, 0.3) is 0 Å². The molecule has 0 saturated carbocycles. The van der Waals surface area contributed by atoms with Crippen LogP contribution in [0.15, 0.2) is 55.1 Å². The number of aromatic nitrogens is 3. The van der Waals surface area contributed by atoms with E-state index in [1.54, 1.807) is 10.9 Å². The van der Waals surface area contributed by atoms with Crippen molar-refractivity contribution in [3.63, 3.8) is 0 Å². The normalized spacial score (nSPS) is 16.5. The number of halogens is 1. The zero-order chi connectivity index (χ0) is 18.1. The largest absolute Gasteiger partial charge is 0.341 e. The van der Waals surface area contributed by atoms with E-state index in [9.17, 15) is 0 Å². The third-order valence-electron chi connectivity index (χ3n) is 4.98. The Morgan fingerprint density at radius 1 is 1.19 bits per heavy atom. The van der Waals surface area contributed by atoms with Gasteiger partial charge in [-0.15, -0.1) is 0 Å². The van der Waals surface area contributed by atoms with Crippen LogP contribution in [0.1, 0.15) is 12.8 Å². The van der Waals surface area contributed by atoms with Crippen molar-refractivity contribution in [1.82, 2.24) is 20.1 Å². The van der Waals surface area contributed by atoms with Crippen molar-refractivity contribution in [1.29, 1.82) is 0 Å². The molecule has 1 aromatic carbocycles. The van der Waals surface area contributed by atoms with Crippen LogP contribution in [0.3, 0.4) is 0 Å². The number of hydrogen-bond donors (Lipinski definition) is 2. The number of allylic oxidation sites excluding steroid dienone is 1. The SMILES string of the molecule is C=C(Nc1cc2cc(-c3cnn(C)c3)ccc2cn1)C1(F)CCNCC1. The molecule has 0 atom stereocenters. The number of nitrogens with one attached hydrogen (secondary N) is 2. The molecule has 1 fully saturated rings. The summed E-state index contributed by atoms with van der Waals surface area (Å²) in [6.45, 7) is 5.26. The van der Waals surface area contributed by atoms with Gasteiger partial charge in [0.15, 0.2) is 5.67 Å². The van der Waals surface area contributed by atoms with Crippen LogP contribution in [0, 0.1) is 0 Å². The number of hydrogen-bond acceptors (Lipinski definition) is 4. The van der Waals surface area contributed by atoms with Gasteiger partial charge in [-0.2, -0.15) is 5.10 Å². The molecule has 3 aromatic rings. The van der Waals surface area contributed by atoms with E-state index >= 15 is 4.39 Å². The van der Waals surface area contributed by atoms with Gasteiger partial charge in [-0.05, 0) is 49.0 Å². The van der Waals surface area contributed by atoms with E-state index in [0.717, 1.165) is 21.9 Å². The summed E-state index contributed by atoms with van der Waals surface area (Å²) in [5, 5.41) is 12.6. The van der Waals surface area contributed by atoms with E-state index in [2.05, 4.69) is 39.4 Å². The van der Waals surface area contributed by atoms with Gasteiger partial charge in [-0.3, -0.25) is 4.68 Å². The number of anilines is 1. The maximum atomic E-state index is 15.0. The highest BCUT2D eigenvalue weighted by Crippen LogP contribution is 2.32. The molecule has 3 heterocycles. The van der Waals surface area contributed by atoms with Crippen LogP contribution in [-0.4, -0.2) is 33.5 Å². The summed E-state index contributed by atoms with van der Waals surface area (Å²) in [6, 6.07) is 8.12. The zero-order valence-electron chi connectivity index (χ0n) is 14.8. The molecule has 0 bridgehead atoms. The molecule has 1 aliphatic heterocycles. The molecule has 6 heteroatoms. The molecule has 4 rings (SSSR count). The molecule has 0 spiro atoms. The van der Waals surface area contributed by atoms with Gasteiger partial charge in [0.2, 0.25) is 0 Å². The maximum absolute atomic E-state index is 15.0. The highest BCUT2D eigenvalue weighted by Gasteiger charge is 2.35. The Labute approximate surface area is 151 Å². The summed E-state index contributed by atoms with van der Waals surface area (Å²) >= 11 is 0. The van der Waals surface area contributed by atoms with E-state index in [1.807, 2.05) is 31.6 Å². The second kappa shape index (κ2) is 6.53. The highest BCUT2D eigenvalue weighted by molar-refractivity contribution is 5.88. The van der Waals surface area contributed by atoms with Gasteiger partial charge in [0, 0.05) is 36.1 Å². The molecule has 0 amide bonds. The summed E-state index contributed by atoms with van der Waals surface area (Å²) in [7, 11) is 1.90. The second-order valence-corrected chi connectivity index (χ2v) is 6.85. The molecule has 1 aliphatic rings. The number of alkyl halides is 1. The lowest BCUT2D eigenvalue weighted by Gasteiger charge is -2.32. The van der Waals surface area contributed by atoms with Crippen molar-refractivity contribution in [3.8, 4) is 11.1 Å². The van der Waals surface area contributed by atoms with Crippen LogP contribution in [-0.2, 0) is 7.05 Å². The van der Waals surface area contributed by atoms with Gasteiger partial charge < -0.3 is 10.6 Å². The summed E-state index contributed by atoms with van der Waals surface area (Å²) in [6.07, 6.45) is 6.47. The quantitative estimate of drug-likeness (QED) is 0.753. The van der Waals surface area contributed by atoms with Crippen molar-refractivity contribution in [2.24, 2.45) is 7.05 Å². The number of benzene rings is 1. The van der Waals surface area contributed by atoms with E-state index in [4.69, 9.17) is 0 Å². The Balaban J connectivity index is 1.61. The molecule has 2 N–H and O–H groups in total. The summed E-state index contributed by atoms with van der Waals surface area (Å²) < 4.78 is 16.8. The highest BCUT2D eigenvalue weighted by atomic mass is 19.1. The van der Waals surface area contributed by atoms with Crippen LogP contribution in [0.4, 0.5) is 10.2 Å². The Morgan fingerprint density at radius 3 is 2.73 bits per heavy atom. The van der Waals surface area contributed by atoms with E-state index in [1.165, 1.54) is 0 Å². The van der Waals surface area contributed by atoms with Crippen molar-refractivity contribution >= 4 is 16.6 Å². The Morgan fingerprint density at radius 2 is 2.00 bits per heavy atom. The molecule has 2 aromatic heterocycles. The predicted octanol–water partition coefficient (Wildman–Crippen LogP) is 3.65. The van der Waals surface area contributed by atoms with Gasteiger partial charge >= 0.3 is 0 Å². The average molecular weight is 351 g/mol. The summed E-state index contributed by atoms with van der Waals surface area (Å²) in [5.74, 6) is 0.612. The van der Waals surface area contributed by atoms with Crippen molar-refractivity contribution in [3.05, 3.63) is 55.1 Å². The number of aryl methyl sites for hydroxylation is 1. The standard InChI is InChI=1S/C20H22FN5/c1-14(20(21)5-7-22-8-6-20)25-19-10-17-9-15(3-4-16(17)11-23-19)18-12-24-26(2)13-18/h3-4,9-13,22H,1,5-8H2,2H3,(H,23,25). The predicted molar refractivity (Wildman–Crippen MR) is 103 cm³/mol. The van der Waals surface area contributed by atoms with E-state index in [-0.39, 0.29) is 0 Å². The van der Waals surface area contributed by atoms with Crippen LogP contribution in [0.2, 0.25) is 0 Å². The minimum Gasteiger partial charge on any atom is -0.341 e. The van der Waals surface area contributed by atoms with Crippen LogP contribution < -0.4 is 10.6 Å². The molecule has 5 nitrogen and oxygen atoms in total. The first-order valence-electron chi connectivity index (χ1n) is 8.78. The molecule has 0 aliphatic carbocycles. The lowest BCUT2D eigenvalue weighted by atomic mass is 9.91. The fourth-order valence-corrected chi connectivity index (χ4v) is 3.35. The van der Waals surface area contributed by atoms with Gasteiger partial charge in [0.05, 0.1) is 6.20 Å². The molecule has 26 heavy (non-hydrogen) atoms. The maximum Gasteiger partial charge on any atom is 0.152 e. The zero-order valence-corrected chi connectivity index (χ0v) is 14.8. The van der Waals surface area contributed by atoms with Crippen LogP contribution in [0.5, 0.6) is 0 Å². The molecule has 0 radical (unpaired) electrons. The van der Waals surface area contributed by atoms with Crippen LogP contribution >= 0.6 is 0 Å². The molecule has 0 unspecified atom stereocenters. The first-order chi connectivity index (χ1) is 12.5. The Hall–Kier alpha value is -2.73.